The van der Waals surface area contributed by atoms with E-state index in [-0.39, 0.29) is 38.4 Å². The van der Waals surface area contributed by atoms with Gasteiger partial charge in [0.15, 0.2) is 11.5 Å². The number of anilines is 1. The second-order valence-electron chi connectivity index (χ2n) is 9.56. The lowest BCUT2D eigenvalue weighted by Crippen LogP contribution is -2.46. The van der Waals surface area contributed by atoms with E-state index in [4.69, 9.17) is 28.1 Å². The quantitative estimate of drug-likeness (QED) is 0.376. The maximum atomic E-state index is 13.8. The molecular formula is C29H33N3O8. The lowest BCUT2D eigenvalue weighted by molar-refractivity contribution is -0.133. The molecule has 2 aliphatic rings. The van der Waals surface area contributed by atoms with Crippen LogP contribution in [0.2, 0.25) is 0 Å². The fourth-order valence-electron chi connectivity index (χ4n) is 4.68. The average Bonchev–Trinajstić information content (AvgIpc) is 3.75. The first-order chi connectivity index (χ1) is 19.5. The summed E-state index contributed by atoms with van der Waals surface area (Å²) in [7, 11) is 3.08. The Morgan fingerprint density at radius 1 is 0.975 bits per heavy atom. The molecule has 2 aromatic carbocycles. The van der Waals surface area contributed by atoms with Gasteiger partial charge in [0.1, 0.15) is 23.8 Å². The molecule has 0 radical (unpaired) electrons. The monoisotopic (exact) mass is 551 g/mol. The van der Waals surface area contributed by atoms with Crippen molar-refractivity contribution in [1.82, 2.24) is 9.80 Å². The van der Waals surface area contributed by atoms with Crippen LogP contribution in [-0.2, 0) is 22.6 Å². The van der Waals surface area contributed by atoms with Crippen molar-refractivity contribution >= 4 is 17.6 Å². The van der Waals surface area contributed by atoms with Crippen LogP contribution in [0.15, 0.2) is 59.2 Å². The zero-order valence-corrected chi connectivity index (χ0v) is 22.6. The molecule has 212 valence electrons. The normalized spacial score (nSPS) is 15.5. The molecule has 2 aliphatic heterocycles. The molecule has 5 rings (SSSR count). The number of rotatable bonds is 11. The maximum absolute atomic E-state index is 13.8. The Kier molecular flexibility index (Phi) is 8.60. The average molecular weight is 552 g/mol. The van der Waals surface area contributed by atoms with E-state index < -0.39 is 6.03 Å². The minimum atomic E-state index is -0.430. The molecule has 1 atom stereocenters. The number of furan rings is 1. The first-order valence-electron chi connectivity index (χ1n) is 13.1. The largest absolute Gasteiger partial charge is 0.497 e. The molecule has 0 saturated carbocycles. The number of benzene rings is 2. The van der Waals surface area contributed by atoms with Crippen LogP contribution in [0.4, 0.5) is 10.5 Å². The number of nitrogens with one attached hydrogen (secondary N) is 1. The minimum absolute atomic E-state index is 0.147. The highest BCUT2D eigenvalue weighted by atomic mass is 16.7. The van der Waals surface area contributed by atoms with Gasteiger partial charge in [-0.1, -0.05) is 6.07 Å². The summed E-state index contributed by atoms with van der Waals surface area (Å²) in [6, 6.07) is 13.8. The third kappa shape index (κ3) is 6.78. The van der Waals surface area contributed by atoms with Gasteiger partial charge in [-0.25, -0.2) is 4.79 Å². The van der Waals surface area contributed by atoms with Crippen molar-refractivity contribution in [2.45, 2.75) is 32.0 Å². The van der Waals surface area contributed by atoms with Crippen molar-refractivity contribution in [1.29, 1.82) is 0 Å². The van der Waals surface area contributed by atoms with Gasteiger partial charge in [0, 0.05) is 43.6 Å². The molecule has 11 nitrogen and oxygen atoms in total. The highest BCUT2D eigenvalue weighted by Crippen LogP contribution is 2.33. The Morgan fingerprint density at radius 3 is 2.48 bits per heavy atom. The van der Waals surface area contributed by atoms with E-state index in [2.05, 4.69) is 5.32 Å². The van der Waals surface area contributed by atoms with Crippen molar-refractivity contribution in [2.24, 2.45) is 0 Å². The molecule has 1 saturated heterocycles. The predicted molar refractivity (Wildman–Crippen MR) is 145 cm³/mol. The topological polar surface area (TPSA) is 112 Å². The van der Waals surface area contributed by atoms with E-state index >= 15 is 0 Å². The number of methoxy groups -OCH3 is 2. The first kappa shape index (κ1) is 27.2. The highest BCUT2D eigenvalue weighted by molar-refractivity contribution is 5.92. The zero-order valence-electron chi connectivity index (χ0n) is 22.6. The van der Waals surface area contributed by atoms with Crippen LogP contribution in [0.5, 0.6) is 23.0 Å². The van der Waals surface area contributed by atoms with E-state index in [9.17, 15) is 9.59 Å². The molecule has 0 bridgehead atoms. The summed E-state index contributed by atoms with van der Waals surface area (Å²) in [6.45, 7) is 1.45. The lowest BCUT2D eigenvalue weighted by atomic mass is 10.1. The van der Waals surface area contributed by atoms with E-state index in [1.807, 2.05) is 24.3 Å². The molecule has 11 heteroatoms. The summed E-state index contributed by atoms with van der Waals surface area (Å²) in [5.41, 5.74) is 1.35. The van der Waals surface area contributed by atoms with Gasteiger partial charge in [-0.05, 0) is 42.7 Å². The summed E-state index contributed by atoms with van der Waals surface area (Å²) < 4.78 is 32.9. The van der Waals surface area contributed by atoms with Crippen LogP contribution in [0.25, 0.3) is 0 Å². The van der Waals surface area contributed by atoms with Gasteiger partial charge >= 0.3 is 6.03 Å². The molecule has 0 aliphatic carbocycles. The molecule has 1 fully saturated rings. The van der Waals surface area contributed by atoms with Crippen LogP contribution in [0.3, 0.4) is 0 Å². The molecule has 3 amide bonds. The second kappa shape index (κ2) is 12.6. The van der Waals surface area contributed by atoms with Gasteiger partial charge in [0.2, 0.25) is 12.7 Å². The van der Waals surface area contributed by atoms with Crippen molar-refractivity contribution in [2.75, 3.05) is 46.0 Å². The van der Waals surface area contributed by atoms with Crippen LogP contribution in [0.1, 0.15) is 24.2 Å². The SMILES string of the molecule is COc1cc(NC(=O)N(CC(=O)N(Cc2ccc3c(c2)OCO3)Cc2ccco2)CC2CCCO2)cc(OC)c1. The molecule has 3 aromatic rings. The Hall–Kier alpha value is -4.38. The standard InChI is InChI=1S/C29H33N3O8/c1-35-24-12-21(13-25(14-24)36-2)30-29(34)32(17-23-6-4-10-38-23)18-28(33)31(16-22-5-3-9-37-22)15-20-7-8-26-27(11-20)40-19-39-26/h3,5,7-9,11-14,23H,4,6,10,15-19H2,1-2H3,(H,30,34). The zero-order chi connectivity index (χ0) is 27.9. The Labute approximate surface area is 232 Å². The van der Waals surface area contributed by atoms with Crippen molar-refractivity contribution < 1.29 is 37.7 Å². The number of hydrogen-bond donors (Lipinski definition) is 1. The molecule has 0 spiro atoms. The third-order valence-corrected chi connectivity index (χ3v) is 6.75. The van der Waals surface area contributed by atoms with E-state index in [1.165, 1.54) is 19.1 Å². The number of nitrogens with zero attached hydrogens (tertiary/aromatic N) is 2. The Morgan fingerprint density at radius 2 is 1.77 bits per heavy atom. The Bertz CT molecular complexity index is 1280. The van der Waals surface area contributed by atoms with Crippen molar-refractivity contribution in [3.05, 3.63) is 66.1 Å². The summed E-state index contributed by atoms with van der Waals surface area (Å²) in [5, 5.41) is 2.88. The summed E-state index contributed by atoms with van der Waals surface area (Å²) in [4.78, 5) is 30.4. The number of carbonyl (C=O) groups excluding carboxylic acids is 2. The first-order valence-corrected chi connectivity index (χ1v) is 13.1. The number of fused-ring (bicyclic) bond motifs is 1. The fraction of sp³-hybridized carbons (Fsp3) is 0.379. The molecule has 1 unspecified atom stereocenters. The predicted octanol–water partition coefficient (Wildman–Crippen LogP) is 4.27. The maximum Gasteiger partial charge on any atom is 0.322 e. The molecular weight excluding hydrogens is 518 g/mol. The van der Waals surface area contributed by atoms with Gasteiger partial charge in [-0.2, -0.15) is 0 Å². The number of hydrogen-bond acceptors (Lipinski definition) is 8. The second-order valence-corrected chi connectivity index (χ2v) is 9.56. The number of amides is 3. The third-order valence-electron chi connectivity index (χ3n) is 6.75. The fourth-order valence-corrected chi connectivity index (χ4v) is 4.68. The van der Waals surface area contributed by atoms with Crippen LogP contribution < -0.4 is 24.3 Å². The van der Waals surface area contributed by atoms with Gasteiger partial charge in [0.25, 0.3) is 0 Å². The number of carbonyl (C=O) groups is 2. The lowest BCUT2D eigenvalue weighted by Gasteiger charge is -2.29. The Balaban J connectivity index is 1.35. The van der Waals surface area contributed by atoms with Gasteiger partial charge in [-0.15, -0.1) is 0 Å². The van der Waals surface area contributed by atoms with Crippen LogP contribution in [-0.4, -0.2) is 68.6 Å². The van der Waals surface area contributed by atoms with Crippen LogP contribution >= 0.6 is 0 Å². The van der Waals surface area contributed by atoms with Crippen LogP contribution in [0, 0.1) is 0 Å². The molecule has 1 N–H and O–H groups in total. The molecule has 3 heterocycles. The summed E-state index contributed by atoms with van der Waals surface area (Å²) in [5.74, 6) is 2.75. The van der Waals surface area contributed by atoms with Crippen molar-refractivity contribution in [3.63, 3.8) is 0 Å². The number of ether oxygens (including phenoxy) is 5. The minimum Gasteiger partial charge on any atom is -0.497 e. The molecule has 1 aromatic heterocycles. The highest BCUT2D eigenvalue weighted by Gasteiger charge is 2.27. The van der Waals surface area contributed by atoms with Crippen molar-refractivity contribution in [3.8, 4) is 23.0 Å². The van der Waals surface area contributed by atoms with E-state index in [0.29, 0.717) is 47.6 Å². The summed E-state index contributed by atoms with van der Waals surface area (Å²) >= 11 is 0. The number of urea groups is 1. The van der Waals surface area contributed by atoms with E-state index in [1.54, 1.807) is 35.4 Å². The van der Waals surface area contributed by atoms with Gasteiger partial charge in [0.05, 0.1) is 33.1 Å². The van der Waals surface area contributed by atoms with Gasteiger partial charge in [-0.3, -0.25) is 4.79 Å². The summed E-state index contributed by atoms with van der Waals surface area (Å²) in [6.07, 6.45) is 3.15. The van der Waals surface area contributed by atoms with Gasteiger partial charge < -0.3 is 43.2 Å². The molecule has 40 heavy (non-hydrogen) atoms. The van der Waals surface area contributed by atoms with E-state index in [0.717, 1.165) is 18.4 Å². The smallest absolute Gasteiger partial charge is 0.322 e.